The predicted octanol–water partition coefficient (Wildman–Crippen LogP) is 4.19. The molecule has 1 aromatic heterocycles. The Labute approximate surface area is 161 Å². The molecule has 0 bridgehead atoms. The molecule has 0 fully saturated rings. The summed E-state index contributed by atoms with van der Waals surface area (Å²) in [6, 6.07) is 19.2. The summed E-state index contributed by atoms with van der Waals surface area (Å²) in [5.41, 5.74) is 3.17. The number of carbonyl (C=O) groups is 1. The molecule has 1 aliphatic heterocycles. The quantitative estimate of drug-likeness (QED) is 0.391. The number of benzene rings is 2. The zero-order chi connectivity index (χ0) is 19.7. The van der Waals surface area contributed by atoms with Crippen molar-refractivity contribution in [1.82, 2.24) is 4.57 Å². The number of hydrogen-bond donors (Lipinski definition) is 0. The van der Waals surface area contributed by atoms with E-state index in [0.29, 0.717) is 22.7 Å². The number of carbonyl (C=O) groups excluding carboxylic acids is 1. The van der Waals surface area contributed by atoms with E-state index in [-0.39, 0.29) is 11.6 Å². The molecule has 0 radical (unpaired) electrons. The molecule has 0 saturated heterocycles. The lowest BCUT2D eigenvalue weighted by atomic mass is 10.1. The number of hydrogen-bond acceptors (Lipinski definition) is 4. The van der Waals surface area contributed by atoms with Crippen LogP contribution in [-0.2, 0) is 4.79 Å². The third kappa shape index (κ3) is 3.09. The number of nitro groups is 1. The van der Waals surface area contributed by atoms with Gasteiger partial charge in [0.2, 0.25) is 0 Å². The number of amides is 1. The van der Waals surface area contributed by atoms with Crippen LogP contribution in [0.4, 0.5) is 11.4 Å². The van der Waals surface area contributed by atoms with Crippen LogP contribution in [0.15, 0.2) is 83.6 Å². The lowest BCUT2D eigenvalue weighted by molar-refractivity contribution is -0.384. The van der Waals surface area contributed by atoms with Crippen molar-refractivity contribution in [3.8, 4) is 5.69 Å². The average Bonchev–Trinajstić information content (AvgIpc) is 3.29. The Hall–Kier alpha value is -4.00. The fourth-order valence-electron chi connectivity index (χ4n) is 3.08. The van der Waals surface area contributed by atoms with Crippen LogP contribution in [0, 0.1) is 10.1 Å². The topological polar surface area (TPSA) is 80.7 Å². The third-order valence-corrected chi connectivity index (χ3v) is 4.45. The van der Waals surface area contributed by atoms with Crippen molar-refractivity contribution in [2.45, 2.75) is 6.92 Å². The smallest absolute Gasteiger partial charge is 0.280 e. The first-order chi connectivity index (χ1) is 13.5. The summed E-state index contributed by atoms with van der Waals surface area (Å²) < 4.78 is 1.80. The summed E-state index contributed by atoms with van der Waals surface area (Å²) in [6.45, 7) is 1.79. The van der Waals surface area contributed by atoms with Gasteiger partial charge in [0.25, 0.3) is 11.6 Å². The standard InChI is InChI=1S/C21H16N4O3/c1-15-20(21(26)24(22-15)16-7-3-2-4-8-16)14-18-11-6-12-23(18)17-9-5-10-19(13-17)25(27)28/h2-14H,1H3. The Morgan fingerprint density at radius 1 is 1.00 bits per heavy atom. The van der Waals surface area contributed by atoms with Crippen LogP contribution in [0.1, 0.15) is 12.6 Å². The van der Waals surface area contributed by atoms with Gasteiger partial charge in [-0.15, -0.1) is 0 Å². The van der Waals surface area contributed by atoms with Crippen molar-refractivity contribution in [3.05, 3.63) is 94.3 Å². The molecule has 3 aromatic rings. The van der Waals surface area contributed by atoms with Gasteiger partial charge in [0, 0.05) is 24.0 Å². The molecule has 7 nitrogen and oxygen atoms in total. The molecule has 0 atom stereocenters. The highest BCUT2D eigenvalue weighted by Gasteiger charge is 2.28. The molecule has 0 aliphatic carbocycles. The molecule has 0 unspecified atom stereocenters. The van der Waals surface area contributed by atoms with E-state index in [1.165, 1.54) is 17.1 Å². The second-order valence-electron chi connectivity index (χ2n) is 6.28. The number of aromatic nitrogens is 1. The van der Waals surface area contributed by atoms with Gasteiger partial charge < -0.3 is 4.57 Å². The van der Waals surface area contributed by atoms with Crippen LogP contribution in [0.5, 0.6) is 0 Å². The first kappa shape index (κ1) is 17.4. The third-order valence-electron chi connectivity index (χ3n) is 4.45. The first-order valence-corrected chi connectivity index (χ1v) is 8.63. The maximum absolute atomic E-state index is 12.9. The van der Waals surface area contributed by atoms with E-state index in [1.54, 1.807) is 35.9 Å². The van der Waals surface area contributed by atoms with Crippen molar-refractivity contribution in [3.63, 3.8) is 0 Å². The van der Waals surface area contributed by atoms with Gasteiger partial charge in [0.1, 0.15) is 0 Å². The molecular formula is C21H16N4O3. The maximum atomic E-state index is 12.9. The van der Waals surface area contributed by atoms with Gasteiger partial charge in [-0.3, -0.25) is 14.9 Å². The molecule has 0 saturated carbocycles. The summed E-state index contributed by atoms with van der Waals surface area (Å²) in [5, 5.41) is 16.8. The van der Waals surface area contributed by atoms with Gasteiger partial charge in [-0.1, -0.05) is 24.3 Å². The molecule has 1 aliphatic rings. The van der Waals surface area contributed by atoms with Crippen molar-refractivity contribution in [2.75, 3.05) is 5.01 Å². The van der Waals surface area contributed by atoms with Gasteiger partial charge in [0.05, 0.1) is 27.6 Å². The van der Waals surface area contributed by atoms with Crippen LogP contribution >= 0.6 is 0 Å². The Balaban J connectivity index is 1.71. The molecule has 0 N–H and O–H groups in total. The highest BCUT2D eigenvalue weighted by molar-refractivity contribution is 6.32. The van der Waals surface area contributed by atoms with Crippen molar-refractivity contribution < 1.29 is 9.72 Å². The minimum Gasteiger partial charge on any atom is -0.317 e. The fourth-order valence-corrected chi connectivity index (χ4v) is 3.08. The Bertz CT molecular complexity index is 1130. The predicted molar refractivity (Wildman–Crippen MR) is 107 cm³/mol. The summed E-state index contributed by atoms with van der Waals surface area (Å²) in [6.07, 6.45) is 3.55. The largest absolute Gasteiger partial charge is 0.317 e. The zero-order valence-corrected chi connectivity index (χ0v) is 15.0. The SMILES string of the molecule is CC1=NN(c2ccccc2)C(=O)C1=Cc1cccn1-c1cccc([N+](=O)[O-])c1. The van der Waals surface area contributed by atoms with Gasteiger partial charge in [-0.2, -0.15) is 10.1 Å². The van der Waals surface area contributed by atoms with Crippen LogP contribution in [0.3, 0.4) is 0 Å². The van der Waals surface area contributed by atoms with E-state index in [1.807, 2.05) is 42.5 Å². The monoisotopic (exact) mass is 372 g/mol. The highest BCUT2D eigenvalue weighted by Crippen LogP contribution is 2.26. The molecule has 0 spiro atoms. The van der Waals surface area contributed by atoms with Gasteiger partial charge in [0.15, 0.2) is 0 Å². The number of anilines is 1. The number of nitro benzene ring substituents is 1. The molecule has 2 aromatic carbocycles. The van der Waals surface area contributed by atoms with Crippen LogP contribution in [0.2, 0.25) is 0 Å². The highest BCUT2D eigenvalue weighted by atomic mass is 16.6. The molecule has 2 heterocycles. The van der Waals surface area contributed by atoms with Crippen molar-refractivity contribution in [1.29, 1.82) is 0 Å². The van der Waals surface area contributed by atoms with Crippen molar-refractivity contribution >= 4 is 29.1 Å². The van der Waals surface area contributed by atoms with Crippen molar-refractivity contribution in [2.24, 2.45) is 5.10 Å². The van der Waals surface area contributed by atoms with E-state index in [4.69, 9.17) is 0 Å². The number of non-ortho nitro benzene ring substituents is 1. The van der Waals surface area contributed by atoms with Gasteiger partial charge >= 0.3 is 0 Å². The lowest BCUT2D eigenvalue weighted by Gasteiger charge is -2.11. The molecule has 4 rings (SSSR count). The second-order valence-corrected chi connectivity index (χ2v) is 6.28. The fraction of sp³-hybridized carbons (Fsp3) is 0.0476. The van der Waals surface area contributed by atoms with E-state index in [2.05, 4.69) is 5.10 Å². The summed E-state index contributed by atoms with van der Waals surface area (Å²) in [7, 11) is 0. The number of hydrazone groups is 1. The summed E-state index contributed by atoms with van der Waals surface area (Å²) in [4.78, 5) is 23.5. The maximum Gasteiger partial charge on any atom is 0.280 e. The molecule has 7 heteroatoms. The Kier molecular flexibility index (Phi) is 4.33. The first-order valence-electron chi connectivity index (χ1n) is 8.63. The second kappa shape index (κ2) is 6.96. The van der Waals surface area contributed by atoms with Crippen LogP contribution in [-0.4, -0.2) is 21.1 Å². The summed E-state index contributed by atoms with van der Waals surface area (Å²) >= 11 is 0. The zero-order valence-electron chi connectivity index (χ0n) is 15.0. The number of nitrogens with zero attached hydrogens (tertiary/aromatic N) is 4. The minimum absolute atomic E-state index is 0.00902. The van der Waals surface area contributed by atoms with Crippen LogP contribution < -0.4 is 5.01 Å². The van der Waals surface area contributed by atoms with E-state index >= 15 is 0 Å². The average molecular weight is 372 g/mol. The molecule has 28 heavy (non-hydrogen) atoms. The molecule has 1 amide bonds. The molecular weight excluding hydrogens is 356 g/mol. The van der Waals surface area contributed by atoms with Crippen LogP contribution in [0.25, 0.3) is 11.8 Å². The Morgan fingerprint density at radius 2 is 1.75 bits per heavy atom. The van der Waals surface area contributed by atoms with E-state index < -0.39 is 4.92 Å². The number of para-hydroxylation sites is 1. The van der Waals surface area contributed by atoms with E-state index in [0.717, 1.165) is 5.69 Å². The molecule has 138 valence electrons. The van der Waals surface area contributed by atoms with Gasteiger partial charge in [-0.05, 0) is 43.3 Å². The summed E-state index contributed by atoms with van der Waals surface area (Å²) in [5.74, 6) is -0.213. The normalized spacial score (nSPS) is 15.2. The van der Waals surface area contributed by atoms with Gasteiger partial charge in [-0.25, -0.2) is 0 Å². The Morgan fingerprint density at radius 3 is 2.50 bits per heavy atom. The number of rotatable bonds is 4. The lowest BCUT2D eigenvalue weighted by Crippen LogP contribution is -2.21. The minimum atomic E-state index is -0.430. The van der Waals surface area contributed by atoms with E-state index in [9.17, 15) is 14.9 Å².